The van der Waals surface area contributed by atoms with Gasteiger partial charge in [-0.1, -0.05) is 12.8 Å². The van der Waals surface area contributed by atoms with Crippen molar-refractivity contribution in [1.82, 2.24) is 9.97 Å². The van der Waals surface area contributed by atoms with E-state index in [2.05, 4.69) is 16.0 Å². The molecule has 0 radical (unpaired) electrons. The molecule has 0 unspecified atom stereocenters. The Hall–Kier alpha value is -1.64. The molecule has 0 aromatic carbocycles. The van der Waals surface area contributed by atoms with Gasteiger partial charge < -0.3 is 5.73 Å². The third-order valence-electron chi connectivity index (χ3n) is 3.42. The number of nitrogens with two attached hydrogens (primary N) is 1. The van der Waals surface area contributed by atoms with Crippen LogP contribution >= 0.6 is 0 Å². The first kappa shape index (κ1) is 9.58. The minimum absolute atomic E-state index is 0.591. The summed E-state index contributed by atoms with van der Waals surface area (Å²) in [5.74, 6) is 1.21. The predicted molar refractivity (Wildman–Crippen MR) is 65.2 cm³/mol. The molecule has 82 valence electrons. The SMILES string of the molecule is Nc1nc(C2CCCC2)cc2ncccc12. The fourth-order valence-corrected chi connectivity index (χ4v) is 2.55. The molecule has 2 N–H and O–H groups in total. The topological polar surface area (TPSA) is 51.8 Å². The third kappa shape index (κ3) is 1.52. The van der Waals surface area contributed by atoms with E-state index in [-0.39, 0.29) is 0 Å². The molecule has 2 aromatic rings. The van der Waals surface area contributed by atoms with E-state index in [4.69, 9.17) is 5.73 Å². The molecule has 0 saturated heterocycles. The molecule has 3 heteroatoms. The van der Waals surface area contributed by atoms with E-state index in [0.29, 0.717) is 11.7 Å². The smallest absolute Gasteiger partial charge is 0.133 e. The van der Waals surface area contributed by atoms with Crippen LogP contribution in [0.15, 0.2) is 24.4 Å². The number of rotatable bonds is 1. The number of fused-ring (bicyclic) bond motifs is 1. The normalized spacial score (nSPS) is 17.0. The van der Waals surface area contributed by atoms with Crippen molar-refractivity contribution in [2.24, 2.45) is 0 Å². The van der Waals surface area contributed by atoms with Crippen LogP contribution in [0.2, 0.25) is 0 Å². The lowest BCUT2D eigenvalue weighted by atomic mass is 10.0. The van der Waals surface area contributed by atoms with E-state index in [1.165, 1.54) is 25.7 Å². The second kappa shape index (κ2) is 3.74. The minimum atomic E-state index is 0.591. The van der Waals surface area contributed by atoms with Crippen molar-refractivity contribution in [2.45, 2.75) is 31.6 Å². The van der Waals surface area contributed by atoms with Crippen LogP contribution in [-0.4, -0.2) is 9.97 Å². The van der Waals surface area contributed by atoms with Gasteiger partial charge in [0.05, 0.1) is 5.52 Å². The Bertz CT molecular complexity index is 516. The van der Waals surface area contributed by atoms with Crippen LogP contribution in [0.25, 0.3) is 10.9 Å². The van der Waals surface area contributed by atoms with Gasteiger partial charge in [-0.2, -0.15) is 0 Å². The fourth-order valence-electron chi connectivity index (χ4n) is 2.55. The van der Waals surface area contributed by atoms with Crippen LogP contribution in [0.4, 0.5) is 5.82 Å². The number of anilines is 1. The Kier molecular flexibility index (Phi) is 2.24. The van der Waals surface area contributed by atoms with Crippen LogP contribution in [-0.2, 0) is 0 Å². The van der Waals surface area contributed by atoms with E-state index in [1.807, 2.05) is 12.1 Å². The summed E-state index contributed by atoms with van der Waals surface area (Å²) in [4.78, 5) is 8.88. The maximum atomic E-state index is 5.97. The molecule has 2 heterocycles. The molecule has 1 fully saturated rings. The molecule has 0 amide bonds. The van der Waals surface area contributed by atoms with E-state index in [0.717, 1.165) is 16.6 Å². The van der Waals surface area contributed by atoms with Gasteiger partial charge in [0.25, 0.3) is 0 Å². The number of hydrogen-bond donors (Lipinski definition) is 1. The summed E-state index contributed by atoms with van der Waals surface area (Å²) in [6.45, 7) is 0. The molecule has 0 atom stereocenters. The summed E-state index contributed by atoms with van der Waals surface area (Å²) in [5.41, 5.74) is 8.07. The maximum absolute atomic E-state index is 5.97. The molecule has 0 bridgehead atoms. The highest BCUT2D eigenvalue weighted by atomic mass is 14.9. The summed E-state index contributed by atoms with van der Waals surface area (Å²) < 4.78 is 0. The second-order valence-corrected chi connectivity index (χ2v) is 4.48. The van der Waals surface area contributed by atoms with Crippen LogP contribution in [0, 0.1) is 0 Å². The van der Waals surface area contributed by atoms with Crippen molar-refractivity contribution >= 4 is 16.7 Å². The monoisotopic (exact) mass is 213 g/mol. The molecule has 1 saturated carbocycles. The van der Waals surface area contributed by atoms with Gasteiger partial charge >= 0.3 is 0 Å². The molecular formula is C13H15N3. The van der Waals surface area contributed by atoms with Crippen LogP contribution in [0.1, 0.15) is 37.3 Å². The Morgan fingerprint density at radius 2 is 2.06 bits per heavy atom. The number of nitrogens with zero attached hydrogens (tertiary/aromatic N) is 2. The van der Waals surface area contributed by atoms with Crippen molar-refractivity contribution < 1.29 is 0 Å². The first-order valence-corrected chi connectivity index (χ1v) is 5.86. The minimum Gasteiger partial charge on any atom is -0.383 e. The van der Waals surface area contributed by atoms with E-state index in [1.54, 1.807) is 6.20 Å². The second-order valence-electron chi connectivity index (χ2n) is 4.48. The van der Waals surface area contributed by atoms with Gasteiger partial charge in [-0.25, -0.2) is 4.98 Å². The molecule has 2 aromatic heterocycles. The zero-order valence-electron chi connectivity index (χ0n) is 9.19. The average Bonchev–Trinajstić information content (AvgIpc) is 2.82. The molecule has 3 rings (SSSR count). The highest BCUT2D eigenvalue weighted by Gasteiger charge is 2.19. The van der Waals surface area contributed by atoms with Gasteiger partial charge in [0.15, 0.2) is 0 Å². The van der Waals surface area contributed by atoms with Crippen LogP contribution in [0.3, 0.4) is 0 Å². The number of nitrogen functional groups attached to an aromatic ring is 1. The molecule has 1 aliphatic rings. The van der Waals surface area contributed by atoms with Crippen molar-refractivity contribution in [3.63, 3.8) is 0 Å². The third-order valence-corrected chi connectivity index (χ3v) is 3.42. The standard InChI is InChI=1S/C13H15N3/c14-13-10-6-3-7-15-12(10)8-11(16-13)9-4-1-2-5-9/h3,6-9H,1-2,4-5H2,(H2,14,16). The van der Waals surface area contributed by atoms with Gasteiger partial charge in [0.1, 0.15) is 5.82 Å². The van der Waals surface area contributed by atoms with Crippen LogP contribution < -0.4 is 5.73 Å². The van der Waals surface area contributed by atoms with Gasteiger partial charge in [-0.3, -0.25) is 4.98 Å². The molecule has 0 aliphatic heterocycles. The molecule has 0 spiro atoms. The van der Waals surface area contributed by atoms with Gasteiger partial charge in [0, 0.05) is 23.2 Å². The summed E-state index contributed by atoms with van der Waals surface area (Å²) in [6, 6.07) is 5.97. The lowest BCUT2D eigenvalue weighted by Gasteiger charge is -2.10. The van der Waals surface area contributed by atoms with E-state index in [9.17, 15) is 0 Å². The van der Waals surface area contributed by atoms with Gasteiger partial charge in [0.2, 0.25) is 0 Å². The van der Waals surface area contributed by atoms with Crippen molar-refractivity contribution in [1.29, 1.82) is 0 Å². The molecule has 1 aliphatic carbocycles. The van der Waals surface area contributed by atoms with Gasteiger partial charge in [-0.05, 0) is 31.0 Å². The highest BCUT2D eigenvalue weighted by Crippen LogP contribution is 2.34. The molecular weight excluding hydrogens is 198 g/mol. The lowest BCUT2D eigenvalue weighted by molar-refractivity contribution is 0.700. The number of hydrogen-bond acceptors (Lipinski definition) is 3. The van der Waals surface area contributed by atoms with Gasteiger partial charge in [-0.15, -0.1) is 0 Å². The Morgan fingerprint density at radius 1 is 1.25 bits per heavy atom. The van der Waals surface area contributed by atoms with Crippen molar-refractivity contribution in [3.05, 3.63) is 30.1 Å². The first-order chi connectivity index (χ1) is 7.84. The zero-order chi connectivity index (χ0) is 11.0. The summed E-state index contributed by atoms with van der Waals surface area (Å²) in [6.07, 6.45) is 6.91. The quantitative estimate of drug-likeness (QED) is 0.792. The maximum Gasteiger partial charge on any atom is 0.133 e. The summed E-state index contributed by atoms with van der Waals surface area (Å²) in [5, 5.41) is 0.962. The van der Waals surface area contributed by atoms with Crippen LogP contribution in [0.5, 0.6) is 0 Å². The Balaban J connectivity index is 2.13. The highest BCUT2D eigenvalue weighted by molar-refractivity contribution is 5.88. The number of pyridine rings is 2. The Morgan fingerprint density at radius 3 is 2.88 bits per heavy atom. The first-order valence-electron chi connectivity index (χ1n) is 5.86. The fraction of sp³-hybridized carbons (Fsp3) is 0.385. The zero-order valence-corrected chi connectivity index (χ0v) is 9.19. The largest absolute Gasteiger partial charge is 0.383 e. The van der Waals surface area contributed by atoms with E-state index < -0.39 is 0 Å². The average molecular weight is 213 g/mol. The van der Waals surface area contributed by atoms with E-state index >= 15 is 0 Å². The predicted octanol–water partition coefficient (Wildman–Crippen LogP) is 2.87. The summed E-state index contributed by atoms with van der Waals surface area (Å²) in [7, 11) is 0. The molecule has 3 nitrogen and oxygen atoms in total. The summed E-state index contributed by atoms with van der Waals surface area (Å²) >= 11 is 0. The molecule has 16 heavy (non-hydrogen) atoms. The number of aromatic nitrogens is 2. The van der Waals surface area contributed by atoms with Crippen molar-refractivity contribution in [2.75, 3.05) is 5.73 Å². The lowest BCUT2D eigenvalue weighted by Crippen LogP contribution is -2.01. The Labute approximate surface area is 94.7 Å². The van der Waals surface area contributed by atoms with Crippen molar-refractivity contribution in [3.8, 4) is 0 Å².